The molecule has 0 fully saturated rings. The van der Waals surface area contributed by atoms with Crippen molar-refractivity contribution in [1.82, 2.24) is 0 Å². The van der Waals surface area contributed by atoms with Gasteiger partial charge in [-0.25, -0.2) is 0 Å². The summed E-state index contributed by atoms with van der Waals surface area (Å²) in [5, 5.41) is 4.79. The molecule has 0 bridgehead atoms. The van der Waals surface area contributed by atoms with Crippen molar-refractivity contribution in [2.75, 3.05) is 17.2 Å². The molecule has 0 radical (unpaired) electrons. The Labute approximate surface area is 115 Å². The molecule has 0 saturated carbocycles. The number of hydrogen-bond acceptors (Lipinski definition) is 3. The summed E-state index contributed by atoms with van der Waals surface area (Å²) in [6.45, 7) is 0.729. The molecule has 1 amide bonds. The summed E-state index contributed by atoms with van der Waals surface area (Å²) in [5.74, 6) is -0.409. The van der Waals surface area contributed by atoms with E-state index >= 15 is 0 Å². The van der Waals surface area contributed by atoms with Crippen molar-refractivity contribution in [2.24, 2.45) is 5.73 Å². The maximum atomic E-state index is 12.2. The maximum absolute atomic E-state index is 12.2. The minimum absolute atomic E-state index is 0.210. The van der Waals surface area contributed by atoms with Gasteiger partial charge in [-0.05, 0) is 18.6 Å². The molecule has 1 aromatic carbocycles. The van der Waals surface area contributed by atoms with E-state index in [1.165, 1.54) is 12.1 Å². The van der Waals surface area contributed by atoms with Crippen LogP contribution >= 0.6 is 0 Å². The molecule has 0 saturated heterocycles. The maximum Gasteiger partial charge on any atom is 0.405 e. The highest BCUT2D eigenvalue weighted by Crippen LogP contribution is 2.23. The Morgan fingerprint density at radius 3 is 2.45 bits per heavy atom. The highest BCUT2D eigenvalue weighted by molar-refractivity contribution is 5.97. The van der Waals surface area contributed by atoms with Crippen molar-refractivity contribution in [1.29, 1.82) is 0 Å². The third-order valence-electron chi connectivity index (χ3n) is 2.60. The van der Waals surface area contributed by atoms with Gasteiger partial charge in [0.05, 0.1) is 17.4 Å². The zero-order valence-corrected chi connectivity index (χ0v) is 11.1. The molecule has 1 unspecified atom stereocenters. The molecule has 0 spiro atoms. The van der Waals surface area contributed by atoms with Crippen molar-refractivity contribution in [3.63, 3.8) is 0 Å². The predicted molar refractivity (Wildman–Crippen MR) is 72.5 cm³/mol. The first-order valence-corrected chi connectivity index (χ1v) is 6.29. The smallest absolute Gasteiger partial charge is 0.375 e. The van der Waals surface area contributed by atoms with E-state index in [2.05, 4.69) is 10.6 Å². The molecular formula is C13H18F3N3O. The largest absolute Gasteiger partial charge is 0.405 e. The number of carbonyl (C=O) groups is 1. The Hall–Kier alpha value is -1.76. The van der Waals surface area contributed by atoms with E-state index < -0.39 is 24.7 Å². The first kappa shape index (κ1) is 16.3. The number of alkyl halides is 3. The average Bonchev–Trinajstić information content (AvgIpc) is 2.37. The highest BCUT2D eigenvalue weighted by Gasteiger charge is 2.27. The van der Waals surface area contributed by atoms with Crippen molar-refractivity contribution in [3.05, 3.63) is 24.3 Å². The fourth-order valence-electron chi connectivity index (χ4n) is 1.61. The minimum Gasteiger partial charge on any atom is -0.375 e. The Morgan fingerprint density at radius 2 is 1.90 bits per heavy atom. The van der Waals surface area contributed by atoms with Crippen LogP contribution in [0.4, 0.5) is 24.5 Å². The summed E-state index contributed by atoms with van der Waals surface area (Å²) in [7, 11) is 0. The first-order chi connectivity index (χ1) is 9.33. The number of para-hydroxylation sites is 2. The lowest BCUT2D eigenvalue weighted by atomic mass is 10.1. The Bertz CT molecular complexity index is 449. The van der Waals surface area contributed by atoms with Crippen LogP contribution in [0.2, 0.25) is 0 Å². The van der Waals surface area contributed by atoms with Crippen LogP contribution in [0.25, 0.3) is 0 Å². The zero-order chi connectivity index (χ0) is 15.2. The third kappa shape index (κ3) is 5.48. The third-order valence-corrected chi connectivity index (χ3v) is 2.60. The molecule has 4 nitrogen and oxygen atoms in total. The molecule has 7 heteroatoms. The molecule has 112 valence electrons. The van der Waals surface area contributed by atoms with Gasteiger partial charge in [-0.3, -0.25) is 4.79 Å². The Morgan fingerprint density at radius 1 is 1.30 bits per heavy atom. The van der Waals surface area contributed by atoms with Gasteiger partial charge >= 0.3 is 6.18 Å². The molecule has 0 heterocycles. The van der Waals surface area contributed by atoms with E-state index in [0.29, 0.717) is 6.42 Å². The minimum atomic E-state index is -4.32. The summed E-state index contributed by atoms with van der Waals surface area (Å²) >= 11 is 0. The van der Waals surface area contributed by atoms with Crippen LogP contribution < -0.4 is 16.4 Å². The second-order valence-electron chi connectivity index (χ2n) is 4.40. The van der Waals surface area contributed by atoms with Crippen molar-refractivity contribution < 1.29 is 18.0 Å². The number of amides is 1. The summed E-state index contributed by atoms with van der Waals surface area (Å²) < 4.78 is 36.6. The molecule has 20 heavy (non-hydrogen) atoms. The predicted octanol–water partition coefficient (Wildman–Crippen LogP) is 2.73. The van der Waals surface area contributed by atoms with Gasteiger partial charge in [0.15, 0.2) is 0 Å². The van der Waals surface area contributed by atoms with Gasteiger partial charge in [0.25, 0.3) is 0 Å². The SMILES string of the molecule is CCCC(N)C(=O)Nc1ccccc1NCC(F)(F)F. The van der Waals surface area contributed by atoms with Crippen molar-refractivity contribution >= 4 is 17.3 Å². The molecule has 1 aromatic rings. The normalized spacial score (nSPS) is 12.8. The van der Waals surface area contributed by atoms with E-state index in [0.717, 1.165) is 6.42 Å². The Balaban J connectivity index is 2.72. The van der Waals surface area contributed by atoms with E-state index in [1.54, 1.807) is 12.1 Å². The van der Waals surface area contributed by atoms with Crippen LogP contribution in [0.15, 0.2) is 24.3 Å². The van der Waals surface area contributed by atoms with E-state index in [4.69, 9.17) is 5.73 Å². The fraction of sp³-hybridized carbons (Fsp3) is 0.462. The number of benzene rings is 1. The van der Waals surface area contributed by atoms with Crippen LogP contribution in [-0.2, 0) is 4.79 Å². The van der Waals surface area contributed by atoms with E-state index in [1.807, 2.05) is 6.92 Å². The molecule has 0 aliphatic carbocycles. The van der Waals surface area contributed by atoms with Crippen LogP contribution in [0.5, 0.6) is 0 Å². The van der Waals surface area contributed by atoms with Gasteiger partial charge in [0, 0.05) is 0 Å². The van der Waals surface area contributed by atoms with Gasteiger partial charge in [0.1, 0.15) is 6.54 Å². The number of anilines is 2. The van der Waals surface area contributed by atoms with Crippen LogP contribution in [0.1, 0.15) is 19.8 Å². The number of nitrogens with one attached hydrogen (secondary N) is 2. The molecule has 1 atom stereocenters. The first-order valence-electron chi connectivity index (χ1n) is 6.29. The van der Waals surface area contributed by atoms with Crippen LogP contribution in [0.3, 0.4) is 0 Å². The molecule has 4 N–H and O–H groups in total. The molecule has 0 aliphatic heterocycles. The summed E-state index contributed by atoms with van der Waals surface area (Å²) in [4.78, 5) is 11.8. The molecule has 0 aromatic heterocycles. The Kier molecular flexibility index (Phi) is 5.82. The standard InChI is InChI=1S/C13H18F3N3O/c1-2-5-9(17)12(20)19-11-7-4-3-6-10(11)18-8-13(14,15)16/h3-4,6-7,9,18H,2,5,8,17H2,1H3,(H,19,20). The number of nitrogens with two attached hydrogens (primary N) is 1. The molecule has 1 rings (SSSR count). The second-order valence-corrected chi connectivity index (χ2v) is 4.40. The zero-order valence-electron chi connectivity index (χ0n) is 11.1. The topological polar surface area (TPSA) is 67.2 Å². The average molecular weight is 289 g/mol. The van der Waals surface area contributed by atoms with Gasteiger partial charge in [0.2, 0.25) is 5.91 Å². The van der Waals surface area contributed by atoms with Gasteiger partial charge < -0.3 is 16.4 Å². The monoisotopic (exact) mass is 289 g/mol. The lowest BCUT2D eigenvalue weighted by Gasteiger charge is -2.16. The number of hydrogen-bond donors (Lipinski definition) is 3. The highest BCUT2D eigenvalue weighted by atomic mass is 19.4. The molecule has 0 aliphatic rings. The fourth-order valence-corrected chi connectivity index (χ4v) is 1.61. The number of rotatable bonds is 6. The van der Waals surface area contributed by atoms with Gasteiger partial charge in [-0.15, -0.1) is 0 Å². The quantitative estimate of drug-likeness (QED) is 0.754. The second kappa shape index (κ2) is 7.14. The van der Waals surface area contributed by atoms with Crippen LogP contribution in [-0.4, -0.2) is 24.7 Å². The van der Waals surface area contributed by atoms with Gasteiger partial charge in [-0.1, -0.05) is 25.5 Å². The summed E-state index contributed by atoms with van der Waals surface area (Å²) in [6, 6.07) is 5.53. The lowest BCUT2D eigenvalue weighted by molar-refractivity contribution is -0.117. The molecular weight excluding hydrogens is 271 g/mol. The number of carbonyl (C=O) groups excluding carboxylic acids is 1. The van der Waals surface area contributed by atoms with E-state index in [-0.39, 0.29) is 11.4 Å². The van der Waals surface area contributed by atoms with Gasteiger partial charge in [-0.2, -0.15) is 13.2 Å². The lowest BCUT2D eigenvalue weighted by Crippen LogP contribution is -2.35. The number of halogens is 3. The summed E-state index contributed by atoms with van der Waals surface area (Å²) in [5.41, 5.74) is 6.15. The van der Waals surface area contributed by atoms with Crippen LogP contribution in [0, 0.1) is 0 Å². The van der Waals surface area contributed by atoms with Crippen molar-refractivity contribution in [2.45, 2.75) is 32.0 Å². The summed E-state index contributed by atoms with van der Waals surface area (Å²) in [6.07, 6.45) is -3.05. The van der Waals surface area contributed by atoms with Crippen molar-refractivity contribution in [3.8, 4) is 0 Å². The van der Waals surface area contributed by atoms with E-state index in [9.17, 15) is 18.0 Å².